The Morgan fingerprint density at radius 1 is 1.16 bits per heavy atom. The van der Waals surface area contributed by atoms with Crippen molar-refractivity contribution in [3.8, 4) is 5.75 Å². The fourth-order valence-corrected chi connectivity index (χ4v) is 3.63. The number of alkyl halides is 3. The van der Waals surface area contributed by atoms with Crippen molar-refractivity contribution >= 4 is 11.8 Å². The minimum absolute atomic E-state index is 0.0746. The monoisotopic (exact) mass is 456 g/mol. The fraction of sp³-hybridized carbons (Fsp3) is 0.478. The van der Waals surface area contributed by atoms with Crippen LogP contribution in [0.25, 0.3) is 0 Å². The fourth-order valence-electron chi connectivity index (χ4n) is 3.63. The molecule has 4 atom stereocenters. The molecule has 0 spiro atoms. The molecule has 1 aromatic carbocycles. The molecule has 1 aliphatic rings. The van der Waals surface area contributed by atoms with Crippen molar-refractivity contribution in [2.45, 2.75) is 50.5 Å². The molecule has 1 aliphatic carbocycles. The Hall–Kier alpha value is -2.65. The van der Waals surface area contributed by atoms with Crippen molar-refractivity contribution in [3.05, 3.63) is 54.1 Å². The molecule has 0 unspecified atom stereocenters. The Balaban J connectivity index is 1.88. The third-order valence-corrected chi connectivity index (χ3v) is 5.30. The van der Waals surface area contributed by atoms with E-state index in [4.69, 9.17) is 9.84 Å². The molecule has 2 rings (SSSR count). The van der Waals surface area contributed by atoms with Gasteiger partial charge in [0, 0.05) is 18.8 Å². The maximum Gasteiger partial charge on any atom is 0.416 e. The minimum Gasteiger partial charge on any atom is -0.485 e. The van der Waals surface area contributed by atoms with Crippen LogP contribution in [-0.4, -0.2) is 45.9 Å². The number of hydrogen-bond acceptors (Lipinski definition) is 5. The number of hydrogen-bond donors (Lipinski definition) is 3. The number of carboxylic acids is 1. The van der Waals surface area contributed by atoms with Crippen LogP contribution in [0.5, 0.6) is 5.75 Å². The molecule has 0 bridgehead atoms. The smallest absolute Gasteiger partial charge is 0.416 e. The van der Waals surface area contributed by atoms with Gasteiger partial charge in [0.2, 0.25) is 0 Å². The topological polar surface area (TPSA) is 104 Å². The third-order valence-electron chi connectivity index (χ3n) is 5.30. The molecule has 6 nitrogen and oxygen atoms in total. The average molecular weight is 456 g/mol. The zero-order valence-corrected chi connectivity index (χ0v) is 17.4. The standard InChI is InChI=1S/C23H27F3O6/c24-23(25,26)15-6-5-7-17(12-15)32-14-16(27)10-11-19-18(20(28)13-21(19)29)8-3-1-2-4-9-22(30)31/h1,3,5-7,10-12,18-21,28-29H,2,4,8-9,13-14H2,(H,30,31)/b3-1+,11-10+/t18-,19+,20+,21-/m1/s1. The van der Waals surface area contributed by atoms with E-state index in [-0.39, 0.29) is 24.5 Å². The van der Waals surface area contributed by atoms with Crippen LogP contribution < -0.4 is 4.74 Å². The molecule has 0 amide bonds. The highest BCUT2D eigenvalue weighted by molar-refractivity contribution is 5.91. The summed E-state index contributed by atoms with van der Waals surface area (Å²) in [4.78, 5) is 22.6. The maximum absolute atomic E-state index is 12.7. The van der Waals surface area contributed by atoms with Gasteiger partial charge in [-0.1, -0.05) is 24.3 Å². The zero-order valence-electron chi connectivity index (χ0n) is 17.4. The summed E-state index contributed by atoms with van der Waals surface area (Å²) in [5, 5.41) is 29.0. The van der Waals surface area contributed by atoms with Crippen molar-refractivity contribution in [2.75, 3.05) is 6.61 Å². The summed E-state index contributed by atoms with van der Waals surface area (Å²) in [6.07, 6.45) is 2.07. The lowest BCUT2D eigenvalue weighted by Crippen LogP contribution is -2.20. The van der Waals surface area contributed by atoms with Crippen molar-refractivity contribution in [1.82, 2.24) is 0 Å². The van der Waals surface area contributed by atoms with E-state index in [9.17, 15) is 33.0 Å². The van der Waals surface area contributed by atoms with E-state index in [1.165, 1.54) is 24.3 Å². The number of ether oxygens (including phenoxy) is 1. The number of aliphatic carboxylic acids is 1. The molecule has 0 heterocycles. The molecule has 1 saturated carbocycles. The summed E-state index contributed by atoms with van der Waals surface area (Å²) in [6, 6.07) is 4.23. The number of carbonyl (C=O) groups excluding carboxylic acids is 1. The molecule has 9 heteroatoms. The SMILES string of the molecule is O=C(O)CCC/C=C/C[C@@H]1[C@H](/C=C/C(=O)COc2cccc(C(F)(F)F)c2)[C@H](O)C[C@@H]1O. The van der Waals surface area contributed by atoms with Gasteiger partial charge in [0.25, 0.3) is 0 Å². The Kier molecular flexibility index (Phi) is 9.46. The predicted octanol–water partition coefficient (Wildman–Crippen LogP) is 3.77. The van der Waals surface area contributed by atoms with Crippen LogP contribution in [0.15, 0.2) is 48.6 Å². The Morgan fingerprint density at radius 2 is 1.91 bits per heavy atom. The summed E-state index contributed by atoms with van der Waals surface area (Å²) in [7, 11) is 0. The summed E-state index contributed by atoms with van der Waals surface area (Å²) in [6.45, 7) is -0.461. The van der Waals surface area contributed by atoms with Crippen molar-refractivity contribution < 1.29 is 42.8 Å². The first kappa shape index (κ1) is 25.6. The van der Waals surface area contributed by atoms with Gasteiger partial charge in [-0.25, -0.2) is 0 Å². The molecule has 32 heavy (non-hydrogen) atoms. The number of halogens is 3. The van der Waals surface area contributed by atoms with E-state index < -0.39 is 48.2 Å². The van der Waals surface area contributed by atoms with Crippen molar-refractivity contribution in [1.29, 1.82) is 0 Å². The zero-order chi connectivity index (χ0) is 23.7. The van der Waals surface area contributed by atoms with E-state index in [1.54, 1.807) is 0 Å². The van der Waals surface area contributed by atoms with Crippen LogP contribution in [0.4, 0.5) is 13.2 Å². The Morgan fingerprint density at radius 3 is 2.59 bits per heavy atom. The number of rotatable bonds is 11. The first-order valence-electron chi connectivity index (χ1n) is 10.3. The van der Waals surface area contributed by atoms with Crippen molar-refractivity contribution in [3.63, 3.8) is 0 Å². The van der Waals surface area contributed by atoms with Gasteiger partial charge in [-0.15, -0.1) is 0 Å². The molecule has 1 aromatic rings. The van der Waals surface area contributed by atoms with Gasteiger partial charge in [-0.2, -0.15) is 13.2 Å². The number of aliphatic hydroxyl groups is 2. The molecule has 1 fully saturated rings. The highest BCUT2D eigenvalue weighted by atomic mass is 19.4. The number of aliphatic hydroxyl groups excluding tert-OH is 2. The molecule has 3 N–H and O–H groups in total. The Labute approximate surface area is 184 Å². The number of benzene rings is 1. The van der Waals surface area contributed by atoms with Crippen LogP contribution in [0, 0.1) is 11.8 Å². The first-order chi connectivity index (χ1) is 15.1. The number of carbonyl (C=O) groups is 2. The highest BCUT2D eigenvalue weighted by Gasteiger charge is 2.39. The average Bonchev–Trinajstić information content (AvgIpc) is 2.99. The second-order valence-corrected chi connectivity index (χ2v) is 7.74. The van der Waals surface area contributed by atoms with E-state index in [2.05, 4.69) is 0 Å². The second kappa shape index (κ2) is 11.8. The van der Waals surface area contributed by atoms with E-state index >= 15 is 0 Å². The van der Waals surface area contributed by atoms with Gasteiger partial charge >= 0.3 is 12.1 Å². The molecular formula is C23H27F3O6. The molecule has 0 aliphatic heterocycles. The van der Waals surface area contributed by atoms with E-state index in [0.717, 1.165) is 12.1 Å². The third kappa shape index (κ3) is 8.12. The molecule has 0 radical (unpaired) electrons. The summed E-state index contributed by atoms with van der Waals surface area (Å²) >= 11 is 0. The van der Waals surface area contributed by atoms with Gasteiger partial charge in [0.1, 0.15) is 5.75 Å². The van der Waals surface area contributed by atoms with E-state index in [1.807, 2.05) is 12.2 Å². The van der Waals surface area contributed by atoms with Crippen molar-refractivity contribution in [2.24, 2.45) is 11.8 Å². The lowest BCUT2D eigenvalue weighted by molar-refractivity contribution is -0.138. The number of allylic oxidation sites excluding steroid dienone is 2. The van der Waals surface area contributed by atoms with Crippen LogP contribution in [0.1, 0.15) is 37.7 Å². The largest absolute Gasteiger partial charge is 0.485 e. The molecular weight excluding hydrogens is 429 g/mol. The quantitative estimate of drug-likeness (QED) is 0.266. The molecule has 176 valence electrons. The lowest BCUT2D eigenvalue weighted by Gasteiger charge is -2.19. The number of ketones is 1. The lowest BCUT2D eigenvalue weighted by atomic mass is 9.89. The number of carboxylic acid groups (broad SMARTS) is 1. The number of unbranched alkanes of at least 4 members (excludes halogenated alkanes) is 1. The molecule has 0 aromatic heterocycles. The summed E-state index contributed by atoms with van der Waals surface area (Å²) in [5.41, 5.74) is -0.875. The summed E-state index contributed by atoms with van der Waals surface area (Å²) < 4.78 is 43.4. The maximum atomic E-state index is 12.7. The normalized spacial score (nSPS) is 23.8. The second-order valence-electron chi connectivity index (χ2n) is 7.74. The summed E-state index contributed by atoms with van der Waals surface area (Å²) in [5.74, 6) is -2.21. The van der Waals surface area contributed by atoms with Crippen LogP contribution in [0.2, 0.25) is 0 Å². The highest BCUT2D eigenvalue weighted by Crippen LogP contribution is 2.36. The van der Waals surface area contributed by atoms with Crippen LogP contribution in [-0.2, 0) is 15.8 Å². The van der Waals surface area contributed by atoms with Crippen LogP contribution in [0.3, 0.4) is 0 Å². The van der Waals surface area contributed by atoms with Gasteiger partial charge in [0.15, 0.2) is 12.4 Å². The predicted molar refractivity (Wildman–Crippen MR) is 110 cm³/mol. The van der Waals surface area contributed by atoms with Gasteiger partial charge in [0.05, 0.1) is 17.8 Å². The van der Waals surface area contributed by atoms with E-state index in [0.29, 0.717) is 19.3 Å². The van der Waals surface area contributed by atoms with Crippen LogP contribution >= 0.6 is 0 Å². The molecule has 0 saturated heterocycles. The first-order valence-corrected chi connectivity index (χ1v) is 10.3. The Bertz CT molecular complexity index is 833. The van der Waals surface area contributed by atoms with Gasteiger partial charge in [-0.3, -0.25) is 9.59 Å². The minimum atomic E-state index is -4.51. The van der Waals surface area contributed by atoms with Gasteiger partial charge in [-0.05, 0) is 49.5 Å². The van der Waals surface area contributed by atoms with Gasteiger partial charge < -0.3 is 20.1 Å².